The molecule has 1 atom stereocenters. The van der Waals surface area contributed by atoms with Gasteiger partial charge in [-0.05, 0) is 24.8 Å². The molecule has 1 unspecified atom stereocenters. The molecule has 1 heteroatoms. The lowest BCUT2D eigenvalue weighted by Crippen LogP contribution is -2.06. The van der Waals surface area contributed by atoms with E-state index in [1.807, 2.05) is 0 Å². The maximum atomic E-state index is 4.50. The second-order valence-corrected chi connectivity index (χ2v) is 4.61. The maximum absolute atomic E-state index is 4.50. The molecule has 0 saturated carbocycles. The van der Waals surface area contributed by atoms with E-state index in [0.29, 0.717) is 5.41 Å². The lowest BCUT2D eigenvalue weighted by atomic mass is 9.86. The minimum absolute atomic E-state index is 0.531. The fourth-order valence-electron chi connectivity index (χ4n) is 0.884. The Bertz CT molecular complexity index is 81.5. The van der Waals surface area contributed by atoms with Crippen molar-refractivity contribution in [3.05, 3.63) is 0 Å². The lowest BCUT2D eigenvalue weighted by Gasteiger charge is -2.19. The summed E-state index contributed by atoms with van der Waals surface area (Å²) in [5.74, 6) is 0.916. The number of nitrogens with two attached hydrogens (primary N) is 1. The standard InChI is InChI=1S/C10H22.CH5N/c1-6-9(2)7-8-10(3,4)5;1-2/h9H,6-8H2,1-5H3;2H2,1H3. The molecular weight excluding hydrogens is 146 g/mol. The van der Waals surface area contributed by atoms with Gasteiger partial charge in [0.25, 0.3) is 0 Å². The van der Waals surface area contributed by atoms with Crippen molar-refractivity contribution in [1.29, 1.82) is 0 Å². The van der Waals surface area contributed by atoms with Gasteiger partial charge < -0.3 is 5.73 Å². The molecule has 0 aliphatic carbocycles. The first-order valence-electron chi connectivity index (χ1n) is 5.03. The molecule has 1 nitrogen and oxygen atoms in total. The largest absolute Gasteiger partial charge is 0.333 e. The summed E-state index contributed by atoms with van der Waals surface area (Å²) in [4.78, 5) is 0. The summed E-state index contributed by atoms with van der Waals surface area (Å²) < 4.78 is 0. The first kappa shape index (κ1) is 14.5. The fraction of sp³-hybridized carbons (Fsp3) is 1.00. The first-order chi connectivity index (χ1) is 5.45. The molecule has 0 saturated heterocycles. The Balaban J connectivity index is 0. The Kier molecular flexibility index (Phi) is 9.17. The summed E-state index contributed by atoms with van der Waals surface area (Å²) in [5, 5.41) is 0. The maximum Gasteiger partial charge on any atom is -0.0195 e. The molecule has 0 fully saturated rings. The first-order valence-corrected chi connectivity index (χ1v) is 5.03. The molecule has 0 aromatic heterocycles. The summed E-state index contributed by atoms with van der Waals surface area (Å²) in [6.07, 6.45) is 4.08. The van der Waals surface area contributed by atoms with Crippen LogP contribution < -0.4 is 5.73 Å². The Morgan fingerprint density at radius 3 is 1.83 bits per heavy atom. The molecule has 2 N–H and O–H groups in total. The molecule has 0 amide bonds. The Morgan fingerprint density at radius 2 is 1.58 bits per heavy atom. The highest BCUT2D eigenvalue weighted by Crippen LogP contribution is 2.24. The minimum atomic E-state index is 0.531. The Labute approximate surface area is 78.7 Å². The van der Waals surface area contributed by atoms with Gasteiger partial charge in [-0.2, -0.15) is 0 Å². The summed E-state index contributed by atoms with van der Waals surface area (Å²) in [6, 6.07) is 0. The van der Waals surface area contributed by atoms with Crippen LogP contribution in [0.25, 0.3) is 0 Å². The van der Waals surface area contributed by atoms with E-state index in [1.165, 1.54) is 26.3 Å². The van der Waals surface area contributed by atoms with Gasteiger partial charge in [0.2, 0.25) is 0 Å². The SMILES string of the molecule is CCC(C)CCC(C)(C)C.CN. The van der Waals surface area contributed by atoms with Crippen molar-refractivity contribution in [3.63, 3.8) is 0 Å². The number of hydrogen-bond acceptors (Lipinski definition) is 1. The smallest absolute Gasteiger partial charge is 0.0195 e. The topological polar surface area (TPSA) is 26.0 Å². The van der Waals surface area contributed by atoms with E-state index in [4.69, 9.17) is 0 Å². The summed E-state index contributed by atoms with van der Waals surface area (Å²) in [5.41, 5.74) is 5.03. The van der Waals surface area contributed by atoms with E-state index in [9.17, 15) is 0 Å². The van der Waals surface area contributed by atoms with Crippen LogP contribution in [-0.4, -0.2) is 7.05 Å². The van der Waals surface area contributed by atoms with Crippen molar-refractivity contribution in [2.24, 2.45) is 17.1 Å². The van der Waals surface area contributed by atoms with Crippen molar-refractivity contribution >= 4 is 0 Å². The van der Waals surface area contributed by atoms with E-state index in [2.05, 4.69) is 40.4 Å². The molecular formula is C11H27N. The average Bonchev–Trinajstić information content (AvgIpc) is 2.03. The van der Waals surface area contributed by atoms with Gasteiger partial charge in [0.1, 0.15) is 0 Å². The van der Waals surface area contributed by atoms with Gasteiger partial charge in [-0.1, -0.05) is 47.5 Å². The van der Waals surface area contributed by atoms with Crippen LogP contribution in [0.1, 0.15) is 53.9 Å². The van der Waals surface area contributed by atoms with Crippen LogP contribution in [0.2, 0.25) is 0 Å². The van der Waals surface area contributed by atoms with Gasteiger partial charge in [0.15, 0.2) is 0 Å². The zero-order valence-electron chi connectivity index (χ0n) is 9.78. The summed E-state index contributed by atoms with van der Waals surface area (Å²) in [7, 11) is 1.50. The van der Waals surface area contributed by atoms with Crippen LogP contribution in [0, 0.1) is 11.3 Å². The van der Waals surface area contributed by atoms with E-state index in [0.717, 1.165) is 5.92 Å². The zero-order valence-corrected chi connectivity index (χ0v) is 9.78. The molecule has 0 radical (unpaired) electrons. The third-order valence-corrected chi connectivity index (χ3v) is 2.08. The highest BCUT2D eigenvalue weighted by molar-refractivity contribution is 4.63. The van der Waals surface area contributed by atoms with Gasteiger partial charge in [0, 0.05) is 0 Å². The van der Waals surface area contributed by atoms with Gasteiger partial charge >= 0.3 is 0 Å². The summed E-state index contributed by atoms with van der Waals surface area (Å²) in [6.45, 7) is 11.6. The molecule has 0 heterocycles. The molecule has 0 rings (SSSR count). The van der Waals surface area contributed by atoms with Crippen molar-refractivity contribution < 1.29 is 0 Å². The van der Waals surface area contributed by atoms with Crippen LogP contribution >= 0.6 is 0 Å². The Morgan fingerprint density at radius 1 is 1.17 bits per heavy atom. The van der Waals surface area contributed by atoms with Gasteiger partial charge in [-0.15, -0.1) is 0 Å². The van der Waals surface area contributed by atoms with Gasteiger partial charge in [-0.25, -0.2) is 0 Å². The highest BCUT2D eigenvalue weighted by Gasteiger charge is 2.10. The van der Waals surface area contributed by atoms with Gasteiger partial charge in [-0.3, -0.25) is 0 Å². The normalized spacial score (nSPS) is 13.2. The van der Waals surface area contributed by atoms with Crippen LogP contribution in [0.5, 0.6) is 0 Å². The highest BCUT2D eigenvalue weighted by atomic mass is 14.4. The second kappa shape index (κ2) is 7.60. The number of rotatable bonds is 3. The van der Waals surface area contributed by atoms with Crippen molar-refractivity contribution in [1.82, 2.24) is 0 Å². The van der Waals surface area contributed by atoms with Crippen molar-refractivity contribution in [2.45, 2.75) is 53.9 Å². The van der Waals surface area contributed by atoms with Crippen LogP contribution in [0.3, 0.4) is 0 Å². The Hall–Kier alpha value is -0.0400. The quantitative estimate of drug-likeness (QED) is 0.695. The second-order valence-electron chi connectivity index (χ2n) is 4.61. The molecule has 0 aliphatic rings. The van der Waals surface area contributed by atoms with Crippen LogP contribution in [-0.2, 0) is 0 Å². The van der Waals surface area contributed by atoms with Crippen LogP contribution in [0.4, 0.5) is 0 Å². The lowest BCUT2D eigenvalue weighted by molar-refractivity contribution is 0.327. The van der Waals surface area contributed by atoms with Gasteiger partial charge in [0.05, 0.1) is 0 Å². The van der Waals surface area contributed by atoms with Crippen molar-refractivity contribution in [3.8, 4) is 0 Å². The monoisotopic (exact) mass is 173 g/mol. The fourth-order valence-corrected chi connectivity index (χ4v) is 0.884. The van der Waals surface area contributed by atoms with Crippen LogP contribution in [0.15, 0.2) is 0 Å². The third kappa shape index (κ3) is 12.6. The molecule has 12 heavy (non-hydrogen) atoms. The number of hydrogen-bond donors (Lipinski definition) is 1. The third-order valence-electron chi connectivity index (χ3n) is 2.08. The van der Waals surface area contributed by atoms with E-state index in [1.54, 1.807) is 0 Å². The average molecular weight is 173 g/mol. The molecule has 0 spiro atoms. The molecule has 0 aliphatic heterocycles. The minimum Gasteiger partial charge on any atom is -0.333 e. The zero-order chi connectivity index (χ0) is 10.2. The van der Waals surface area contributed by atoms with E-state index < -0.39 is 0 Å². The molecule has 0 aromatic rings. The molecule has 76 valence electrons. The van der Waals surface area contributed by atoms with E-state index >= 15 is 0 Å². The predicted octanol–water partition coefficient (Wildman–Crippen LogP) is 3.43. The van der Waals surface area contributed by atoms with E-state index in [-0.39, 0.29) is 0 Å². The molecule has 0 bridgehead atoms. The molecule has 0 aromatic carbocycles. The van der Waals surface area contributed by atoms with Crippen molar-refractivity contribution in [2.75, 3.05) is 7.05 Å². The predicted molar refractivity (Wildman–Crippen MR) is 58.3 cm³/mol. The summed E-state index contributed by atoms with van der Waals surface area (Å²) >= 11 is 0.